The normalized spacial score (nSPS) is 17.8. The van der Waals surface area contributed by atoms with Gasteiger partial charge < -0.3 is 29.9 Å². The predicted molar refractivity (Wildman–Crippen MR) is 158 cm³/mol. The molecule has 0 radical (unpaired) electrons. The van der Waals surface area contributed by atoms with Crippen LogP contribution in [-0.4, -0.2) is 77.6 Å². The maximum Gasteiger partial charge on any atom is 0.329 e. The van der Waals surface area contributed by atoms with E-state index in [9.17, 15) is 9.59 Å². The highest BCUT2D eigenvalue weighted by atomic mass is 35.5. The van der Waals surface area contributed by atoms with Crippen molar-refractivity contribution < 1.29 is 29.3 Å². The van der Waals surface area contributed by atoms with Gasteiger partial charge in [-0.3, -0.25) is 4.79 Å². The van der Waals surface area contributed by atoms with Crippen molar-refractivity contribution in [2.45, 2.75) is 53.0 Å². The molecule has 3 N–H and O–H groups in total. The molecule has 1 aromatic carbocycles. The molecule has 1 amide bonds. The Labute approximate surface area is 251 Å². The number of halogens is 1. The van der Waals surface area contributed by atoms with E-state index in [1.165, 1.54) is 18.2 Å². The van der Waals surface area contributed by atoms with E-state index in [-0.39, 0.29) is 46.8 Å². The lowest BCUT2D eigenvalue weighted by Crippen LogP contribution is -2.63. The third-order valence-electron chi connectivity index (χ3n) is 7.57. The number of carboxylic acid groups (broad SMARTS) is 1. The van der Waals surface area contributed by atoms with Gasteiger partial charge in [0.15, 0.2) is 0 Å². The maximum atomic E-state index is 12.7. The number of aromatic nitrogens is 2. The highest BCUT2D eigenvalue weighted by molar-refractivity contribution is 6.31. The summed E-state index contributed by atoms with van der Waals surface area (Å²) in [5.41, 5.74) is 1.05. The van der Waals surface area contributed by atoms with Crippen molar-refractivity contribution in [3.8, 4) is 11.8 Å². The Morgan fingerprint density at radius 1 is 1.12 bits per heavy atom. The lowest BCUT2D eigenvalue weighted by atomic mass is 9.52. The third kappa shape index (κ3) is 9.28. The number of anilines is 1. The summed E-state index contributed by atoms with van der Waals surface area (Å²) in [7, 11) is 0. The van der Waals surface area contributed by atoms with Gasteiger partial charge in [-0.1, -0.05) is 39.3 Å². The van der Waals surface area contributed by atoms with Gasteiger partial charge in [0.2, 0.25) is 5.95 Å². The van der Waals surface area contributed by atoms with E-state index in [4.69, 9.17) is 36.5 Å². The molecule has 1 saturated heterocycles. The quantitative estimate of drug-likeness (QED) is 0.336. The van der Waals surface area contributed by atoms with Gasteiger partial charge in [0.25, 0.3) is 5.91 Å². The van der Waals surface area contributed by atoms with E-state index < -0.39 is 5.97 Å². The number of aromatic hydroxyl groups is 1. The molecule has 2 heterocycles. The van der Waals surface area contributed by atoms with Crippen molar-refractivity contribution >= 4 is 29.4 Å². The van der Waals surface area contributed by atoms with Gasteiger partial charge in [-0.15, -0.1) is 0 Å². The lowest BCUT2D eigenvalue weighted by molar-refractivity contribution is -0.142. The molecule has 42 heavy (non-hydrogen) atoms. The summed E-state index contributed by atoms with van der Waals surface area (Å²) in [6, 6.07) is 6.24. The Morgan fingerprint density at radius 3 is 2.29 bits per heavy atom. The summed E-state index contributed by atoms with van der Waals surface area (Å²) < 4.78 is 10.6. The lowest BCUT2D eigenvalue weighted by Gasteiger charge is -2.57. The minimum Gasteiger partial charge on any atom is -0.508 e. The van der Waals surface area contributed by atoms with Crippen molar-refractivity contribution in [3.05, 3.63) is 46.7 Å². The Bertz CT molecular complexity index is 1240. The van der Waals surface area contributed by atoms with Crippen LogP contribution in [0.2, 0.25) is 5.02 Å². The van der Waals surface area contributed by atoms with Crippen LogP contribution in [-0.2, 0) is 14.3 Å². The number of rotatable bonds is 10. The summed E-state index contributed by atoms with van der Waals surface area (Å²) in [5.74, 6) is 0.0753. The number of carbonyl (C=O) groups excluding carboxylic acids is 1. The zero-order valence-corrected chi connectivity index (χ0v) is 25.4. The second-order valence-electron chi connectivity index (χ2n) is 12.1. The first-order valence-corrected chi connectivity index (χ1v) is 14.3. The molecule has 2 aromatic rings. The van der Waals surface area contributed by atoms with E-state index in [0.29, 0.717) is 36.2 Å². The van der Waals surface area contributed by atoms with Gasteiger partial charge >= 0.3 is 5.97 Å². The van der Waals surface area contributed by atoms with E-state index >= 15 is 0 Å². The highest BCUT2D eigenvalue weighted by Gasteiger charge is 2.53. The number of phenolic OH excluding ortho intramolecular Hbond substituents is 1. The van der Waals surface area contributed by atoms with E-state index in [2.05, 4.69) is 47.9 Å². The number of hydrogen-bond acceptors (Lipinski definition) is 9. The summed E-state index contributed by atoms with van der Waals surface area (Å²) in [6.07, 6.45) is 6.24. The summed E-state index contributed by atoms with van der Waals surface area (Å²) >= 11 is 5.55. The number of benzene rings is 1. The average Bonchev–Trinajstić information content (AvgIpc) is 2.93. The largest absolute Gasteiger partial charge is 0.508 e. The topological polar surface area (TPSA) is 158 Å². The van der Waals surface area contributed by atoms with Crippen LogP contribution in [0.1, 0.15) is 62.9 Å². The second kappa shape index (κ2) is 14.6. The monoisotopic (exact) mass is 601 g/mol. The van der Waals surface area contributed by atoms with Crippen LogP contribution in [0.15, 0.2) is 30.6 Å². The van der Waals surface area contributed by atoms with Crippen molar-refractivity contribution in [2.75, 3.05) is 44.4 Å². The summed E-state index contributed by atoms with van der Waals surface area (Å²) in [5, 5.41) is 29.2. The van der Waals surface area contributed by atoms with E-state index in [0.717, 1.165) is 32.4 Å². The molecule has 2 fully saturated rings. The number of carbonyl (C=O) groups is 2. The van der Waals surface area contributed by atoms with Gasteiger partial charge in [0.1, 0.15) is 18.4 Å². The van der Waals surface area contributed by atoms with Crippen LogP contribution in [0.5, 0.6) is 5.75 Å². The standard InChI is InChI=1S/C23H36N4O5.C7H4ClNO/c1-22(2)15-23(3,4)20(22)26-19(30)17-11-24-21(25-12-17)27-7-5-16(6-8-27)13-31-9-10-32-14-18(28)29;8-7-3-6(10)2-1-5(7)4-9/h11-12,16,20H,5-10,13-15H2,1-4H3,(H,26,30)(H,28,29);1-3,10H. The van der Waals surface area contributed by atoms with Crippen LogP contribution in [0.3, 0.4) is 0 Å². The molecule has 1 aromatic heterocycles. The van der Waals surface area contributed by atoms with Gasteiger partial charge in [0.05, 0.1) is 29.4 Å². The molecular formula is C30H40ClN5O6. The minimum atomic E-state index is -0.973. The fourth-order valence-corrected chi connectivity index (χ4v) is 6.15. The van der Waals surface area contributed by atoms with Crippen LogP contribution in [0, 0.1) is 28.1 Å². The number of ether oxygens (including phenoxy) is 2. The number of nitrogens with one attached hydrogen (secondary N) is 1. The van der Waals surface area contributed by atoms with Crippen LogP contribution in [0.4, 0.5) is 5.95 Å². The number of hydrogen-bond donors (Lipinski definition) is 3. The number of phenols is 1. The summed E-state index contributed by atoms with van der Waals surface area (Å²) in [4.78, 5) is 34.1. The number of nitrogens with zero attached hydrogens (tertiary/aromatic N) is 4. The molecule has 1 saturated carbocycles. The highest BCUT2D eigenvalue weighted by Crippen LogP contribution is 2.53. The first-order chi connectivity index (χ1) is 19.8. The molecular weight excluding hydrogens is 562 g/mol. The average molecular weight is 602 g/mol. The zero-order chi connectivity index (χ0) is 30.9. The number of carboxylic acids is 1. The molecule has 1 aliphatic heterocycles. The fraction of sp³-hybridized carbons (Fsp3) is 0.567. The third-order valence-corrected chi connectivity index (χ3v) is 7.88. The van der Waals surface area contributed by atoms with Gasteiger partial charge in [-0.25, -0.2) is 14.8 Å². The number of aliphatic carboxylic acids is 1. The molecule has 0 unspecified atom stereocenters. The second-order valence-corrected chi connectivity index (χ2v) is 12.5. The van der Waals surface area contributed by atoms with Crippen molar-refractivity contribution in [1.82, 2.24) is 15.3 Å². The molecule has 0 atom stereocenters. The number of amides is 1. The smallest absolute Gasteiger partial charge is 0.329 e. The van der Waals surface area contributed by atoms with E-state index in [1.807, 2.05) is 6.07 Å². The van der Waals surface area contributed by atoms with Crippen molar-refractivity contribution in [1.29, 1.82) is 5.26 Å². The molecule has 4 rings (SSSR count). The zero-order valence-electron chi connectivity index (χ0n) is 24.6. The number of nitriles is 1. The van der Waals surface area contributed by atoms with Crippen LogP contribution in [0.25, 0.3) is 0 Å². The van der Waals surface area contributed by atoms with Gasteiger partial charge in [-0.05, 0) is 54.2 Å². The molecule has 11 nitrogen and oxygen atoms in total. The Balaban J connectivity index is 0.000000408. The Kier molecular flexibility index (Phi) is 11.5. The molecule has 12 heteroatoms. The van der Waals surface area contributed by atoms with Gasteiger partial charge in [-0.2, -0.15) is 5.26 Å². The SMILES string of the molecule is CC1(C)CC(C)(C)C1NC(=O)c1cnc(N2CCC(COCCOCC(=O)O)CC2)nc1.N#Cc1ccc(O)cc1Cl. The first kappa shape index (κ1) is 33.0. The molecule has 0 spiro atoms. The number of piperidine rings is 1. The first-order valence-electron chi connectivity index (χ1n) is 14.0. The van der Waals surface area contributed by atoms with Crippen molar-refractivity contribution in [2.24, 2.45) is 16.7 Å². The molecule has 228 valence electrons. The molecule has 0 bridgehead atoms. The Hall–Kier alpha value is -3.46. The van der Waals surface area contributed by atoms with E-state index in [1.54, 1.807) is 12.4 Å². The predicted octanol–water partition coefficient (Wildman–Crippen LogP) is 4.28. The van der Waals surface area contributed by atoms with Crippen LogP contribution < -0.4 is 10.2 Å². The molecule has 1 aliphatic carbocycles. The summed E-state index contributed by atoms with van der Waals surface area (Å²) in [6.45, 7) is 11.4. The van der Waals surface area contributed by atoms with Crippen molar-refractivity contribution in [3.63, 3.8) is 0 Å². The van der Waals surface area contributed by atoms with Gasteiger partial charge in [0, 0.05) is 38.1 Å². The maximum absolute atomic E-state index is 12.7. The fourth-order valence-electron chi connectivity index (χ4n) is 5.93. The van der Waals surface area contributed by atoms with Crippen LogP contribution >= 0.6 is 11.6 Å². The minimum absolute atomic E-state index is 0.0731. The Morgan fingerprint density at radius 2 is 1.74 bits per heavy atom. The molecule has 2 aliphatic rings.